The van der Waals surface area contributed by atoms with Crippen LogP contribution in [0.2, 0.25) is 0 Å². The zero-order valence-electron chi connectivity index (χ0n) is 11.2. The van der Waals surface area contributed by atoms with E-state index in [0.29, 0.717) is 11.5 Å². The summed E-state index contributed by atoms with van der Waals surface area (Å²) in [5, 5.41) is 3.35. The minimum atomic E-state index is -2.78. The van der Waals surface area contributed by atoms with E-state index in [-0.39, 0.29) is 6.04 Å². The molecule has 1 aliphatic rings. The maximum atomic E-state index is 11.4. The molecule has 1 aromatic heterocycles. The molecule has 0 aliphatic carbocycles. The summed E-state index contributed by atoms with van der Waals surface area (Å²) in [6.45, 7) is 2.51. The van der Waals surface area contributed by atoms with Gasteiger partial charge in [-0.2, -0.15) is 0 Å². The molecule has 0 bridgehead atoms. The first-order chi connectivity index (χ1) is 9.07. The number of nitrogens with zero attached hydrogens (tertiary/aromatic N) is 2. The third kappa shape index (κ3) is 4.56. The fourth-order valence-electron chi connectivity index (χ4n) is 2.30. The Kier molecular flexibility index (Phi) is 4.90. The van der Waals surface area contributed by atoms with Gasteiger partial charge in [0.15, 0.2) is 9.84 Å². The minimum absolute atomic E-state index is 0.185. The smallest absolute Gasteiger partial charge is 0.151 e. The largest absolute Gasteiger partial charge is 0.311 e. The van der Waals surface area contributed by atoms with Crippen molar-refractivity contribution in [3.8, 4) is 0 Å². The van der Waals surface area contributed by atoms with Gasteiger partial charge in [-0.15, -0.1) is 0 Å². The topological polar surface area (TPSA) is 62.3 Å². The predicted molar refractivity (Wildman–Crippen MR) is 75.6 cm³/mol. The number of hydrogen-bond donors (Lipinski definition) is 1. The molecule has 0 spiro atoms. The Morgan fingerprint density at radius 2 is 2.37 bits per heavy atom. The minimum Gasteiger partial charge on any atom is -0.311 e. The van der Waals surface area contributed by atoms with E-state index >= 15 is 0 Å². The summed E-state index contributed by atoms with van der Waals surface area (Å²) in [5.41, 5.74) is 1.16. The zero-order valence-corrected chi connectivity index (χ0v) is 12.1. The van der Waals surface area contributed by atoms with Crippen LogP contribution in [0.5, 0.6) is 0 Å². The summed E-state index contributed by atoms with van der Waals surface area (Å²) in [6, 6.07) is 4.14. The molecule has 1 fully saturated rings. The molecular weight excluding hydrogens is 262 g/mol. The fourth-order valence-corrected chi connectivity index (χ4v) is 4.10. The average Bonchev–Trinajstić information content (AvgIpc) is 2.76. The molecule has 0 amide bonds. The van der Waals surface area contributed by atoms with Gasteiger partial charge < -0.3 is 10.2 Å². The van der Waals surface area contributed by atoms with E-state index < -0.39 is 9.84 Å². The van der Waals surface area contributed by atoms with Crippen LogP contribution in [0.1, 0.15) is 12.0 Å². The summed E-state index contributed by atoms with van der Waals surface area (Å²) in [5.74, 6) is 0.650. The van der Waals surface area contributed by atoms with Gasteiger partial charge in [-0.05, 0) is 25.1 Å². The van der Waals surface area contributed by atoms with Gasteiger partial charge >= 0.3 is 0 Å². The number of sulfone groups is 1. The van der Waals surface area contributed by atoms with Crippen molar-refractivity contribution in [2.45, 2.75) is 19.0 Å². The molecule has 1 saturated heterocycles. The van der Waals surface area contributed by atoms with Gasteiger partial charge in [-0.1, -0.05) is 6.07 Å². The molecule has 5 nitrogen and oxygen atoms in total. The lowest BCUT2D eigenvalue weighted by molar-refractivity contribution is 0.261. The molecule has 0 aromatic carbocycles. The fraction of sp³-hybridized carbons (Fsp3) is 0.615. The lowest BCUT2D eigenvalue weighted by Gasteiger charge is -2.23. The Labute approximate surface area is 114 Å². The van der Waals surface area contributed by atoms with Gasteiger partial charge in [0.25, 0.3) is 0 Å². The number of hydrogen-bond acceptors (Lipinski definition) is 5. The second-order valence-electron chi connectivity index (χ2n) is 5.08. The van der Waals surface area contributed by atoms with Crippen LogP contribution in [0.15, 0.2) is 24.5 Å². The first-order valence-corrected chi connectivity index (χ1v) is 8.39. The Balaban J connectivity index is 1.66. The molecule has 6 heteroatoms. The number of aromatic nitrogens is 1. The van der Waals surface area contributed by atoms with E-state index in [2.05, 4.69) is 15.2 Å². The van der Waals surface area contributed by atoms with E-state index in [1.165, 1.54) is 0 Å². The van der Waals surface area contributed by atoms with Crippen molar-refractivity contribution in [2.75, 3.05) is 31.6 Å². The van der Waals surface area contributed by atoms with Crippen molar-refractivity contribution in [3.05, 3.63) is 30.1 Å². The molecule has 0 radical (unpaired) electrons. The maximum absolute atomic E-state index is 11.4. The normalized spacial score (nSPS) is 21.9. The van der Waals surface area contributed by atoms with Crippen molar-refractivity contribution in [1.29, 1.82) is 0 Å². The number of pyridine rings is 1. The maximum Gasteiger partial charge on any atom is 0.151 e. The van der Waals surface area contributed by atoms with Crippen LogP contribution < -0.4 is 5.32 Å². The quantitative estimate of drug-likeness (QED) is 0.760. The number of rotatable bonds is 6. The van der Waals surface area contributed by atoms with Gasteiger partial charge in [-0.3, -0.25) is 4.98 Å². The summed E-state index contributed by atoms with van der Waals surface area (Å²) in [6.07, 6.45) is 4.37. The standard InChI is InChI=1S/C13H21N3O2S/c1-16(13-4-8-19(17,18)11-13)7-6-15-10-12-3-2-5-14-9-12/h2-3,5,9,13,15H,4,6-8,10-11H2,1H3. The first-order valence-electron chi connectivity index (χ1n) is 6.57. The summed E-state index contributed by atoms with van der Waals surface area (Å²) in [4.78, 5) is 6.20. The Morgan fingerprint density at radius 3 is 3.00 bits per heavy atom. The van der Waals surface area contributed by atoms with Crippen LogP contribution in [-0.2, 0) is 16.4 Å². The van der Waals surface area contributed by atoms with Crippen LogP contribution in [0.25, 0.3) is 0 Å². The van der Waals surface area contributed by atoms with Crippen LogP contribution in [0.3, 0.4) is 0 Å². The van der Waals surface area contributed by atoms with Gasteiger partial charge in [0, 0.05) is 38.1 Å². The Morgan fingerprint density at radius 1 is 1.53 bits per heavy atom. The second-order valence-corrected chi connectivity index (χ2v) is 7.30. The highest BCUT2D eigenvalue weighted by atomic mass is 32.2. The SMILES string of the molecule is CN(CCNCc1cccnc1)C1CCS(=O)(=O)C1. The molecule has 1 atom stereocenters. The number of nitrogens with one attached hydrogen (secondary N) is 1. The van der Waals surface area contributed by atoms with E-state index in [1.807, 2.05) is 25.4 Å². The van der Waals surface area contributed by atoms with Crippen molar-refractivity contribution in [3.63, 3.8) is 0 Å². The highest BCUT2D eigenvalue weighted by molar-refractivity contribution is 7.91. The molecular formula is C13H21N3O2S. The third-order valence-electron chi connectivity index (χ3n) is 3.52. The van der Waals surface area contributed by atoms with Gasteiger partial charge in [0.2, 0.25) is 0 Å². The summed E-state index contributed by atoms with van der Waals surface area (Å²) < 4.78 is 22.8. The number of likely N-dealkylation sites (N-methyl/N-ethyl adjacent to an activating group) is 1. The third-order valence-corrected chi connectivity index (χ3v) is 5.28. The highest BCUT2D eigenvalue weighted by Gasteiger charge is 2.30. The van der Waals surface area contributed by atoms with Gasteiger partial charge in [0.05, 0.1) is 11.5 Å². The van der Waals surface area contributed by atoms with E-state index in [4.69, 9.17) is 0 Å². The molecule has 0 saturated carbocycles. The van der Waals surface area contributed by atoms with E-state index in [1.54, 1.807) is 6.20 Å². The van der Waals surface area contributed by atoms with Gasteiger partial charge in [0.1, 0.15) is 0 Å². The molecule has 2 rings (SSSR count). The molecule has 106 valence electrons. The Hall–Kier alpha value is -0.980. The Bertz CT molecular complexity index is 490. The predicted octanol–water partition coefficient (Wildman–Crippen LogP) is 0.290. The summed E-state index contributed by atoms with van der Waals surface area (Å²) in [7, 11) is -0.787. The van der Waals surface area contributed by atoms with E-state index in [9.17, 15) is 8.42 Å². The second kappa shape index (κ2) is 6.45. The van der Waals surface area contributed by atoms with Crippen LogP contribution in [0, 0.1) is 0 Å². The van der Waals surface area contributed by atoms with Crippen molar-refractivity contribution < 1.29 is 8.42 Å². The molecule has 1 unspecified atom stereocenters. The zero-order chi connectivity index (χ0) is 13.7. The average molecular weight is 283 g/mol. The monoisotopic (exact) mass is 283 g/mol. The van der Waals surface area contributed by atoms with Crippen LogP contribution in [-0.4, -0.2) is 56.0 Å². The molecule has 1 N–H and O–H groups in total. The van der Waals surface area contributed by atoms with Crippen molar-refractivity contribution >= 4 is 9.84 Å². The van der Waals surface area contributed by atoms with E-state index in [0.717, 1.165) is 31.6 Å². The molecule has 1 aliphatic heterocycles. The first kappa shape index (κ1) is 14.4. The van der Waals surface area contributed by atoms with Crippen molar-refractivity contribution in [2.24, 2.45) is 0 Å². The van der Waals surface area contributed by atoms with Crippen LogP contribution in [0.4, 0.5) is 0 Å². The molecule has 19 heavy (non-hydrogen) atoms. The lowest BCUT2D eigenvalue weighted by Crippen LogP contribution is -2.37. The molecule has 2 heterocycles. The lowest BCUT2D eigenvalue weighted by atomic mass is 10.2. The molecule has 1 aromatic rings. The summed E-state index contributed by atoms with van der Waals surface area (Å²) >= 11 is 0. The van der Waals surface area contributed by atoms with Crippen LogP contribution >= 0.6 is 0 Å². The van der Waals surface area contributed by atoms with Crippen molar-refractivity contribution in [1.82, 2.24) is 15.2 Å². The highest BCUT2D eigenvalue weighted by Crippen LogP contribution is 2.15. The van der Waals surface area contributed by atoms with Gasteiger partial charge in [-0.25, -0.2) is 8.42 Å².